The molecular formula is C28H20ClF2N7O3. The minimum atomic E-state index is -1.22. The smallest absolute Gasteiger partial charge is 0.253 e. The zero-order valence-electron chi connectivity index (χ0n) is 21.4. The third-order valence-corrected chi connectivity index (χ3v) is 6.45. The largest absolute Gasteiger partial charge is 0.476 e. The van der Waals surface area contributed by atoms with Gasteiger partial charge in [-0.1, -0.05) is 11.6 Å². The van der Waals surface area contributed by atoms with Crippen molar-refractivity contribution in [3.05, 3.63) is 105 Å². The number of aromatic nitrogens is 4. The fourth-order valence-electron chi connectivity index (χ4n) is 4.05. The van der Waals surface area contributed by atoms with Crippen LogP contribution in [-0.4, -0.2) is 31.4 Å². The molecule has 13 heteroatoms. The quantitative estimate of drug-likeness (QED) is 0.277. The Morgan fingerprint density at radius 2 is 1.95 bits per heavy atom. The number of pyridine rings is 1. The number of hydrogen-bond donors (Lipinski definition) is 2. The number of nitrogens with zero attached hydrogens (tertiary/aromatic N) is 5. The molecule has 3 heterocycles. The van der Waals surface area contributed by atoms with E-state index < -0.39 is 24.1 Å². The van der Waals surface area contributed by atoms with E-state index in [4.69, 9.17) is 21.6 Å². The molecule has 0 fully saturated rings. The Hall–Kier alpha value is -5.28. The maximum Gasteiger partial charge on any atom is 0.253 e. The van der Waals surface area contributed by atoms with Crippen LogP contribution in [0.25, 0.3) is 16.9 Å². The van der Waals surface area contributed by atoms with Crippen molar-refractivity contribution in [1.29, 1.82) is 5.26 Å². The number of anilines is 2. The number of rotatable bonds is 8. The molecule has 0 saturated carbocycles. The van der Waals surface area contributed by atoms with Gasteiger partial charge in [-0.15, -0.1) is 0 Å². The number of aryl methyl sites for hydroxylation is 1. The van der Waals surface area contributed by atoms with Crippen LogP contribution in [0.4, 0.5) is 20.3 Å². The van der Waals surface area contributed by atoms with Gasteiger partial charge in [0.1, 0.15) is 6.07 Å². The predicted octanol–water partition coefficient (Wildman–Crippen LogP) is 4.60. The van der Waals surface area contributed by atoms with E-state index >= 15 is 0 Å². The number of benzene rings is 2. The number of amides is 1. The molecule has 1 amide bonds. The average Bonchev–Trinajstić information content (AvgIpc) is 3.39. The standard InChI is InChI=1S/C28H20ClF2N7O3/c1-37-9-6-16(12-23(37)39)14-35-28(40)18-3-2-17(13-20(18)29)36-26-27-34-15-21(38(27)10-8-33-26)19-4-5-22(41-11-7-32)25(31)24(19)30/h2-6,8-10,12-13,15H,11,14H2,1H3,(H,33,36)(H,35,40). The molecule has 10 nitrogen and oxygen atoms in total. The van der Waals surface area contributed by atoms with Gasteiger partial charge in [-0.25, -0.2) is 14.4 Å². The van der Waals surface area contributed by atoms with Crippen molar-refractivity contribution < 1.29 is 18.3 Å². The van der Waals surface area contributed by atoms with Gasteiger partial charge in [-0.2, -0.15) is 9.65 Å². The van der Waals surface area contributed by atoms with Crippen LogP contribution in [0.5, 0.6) is 5.75 Å². The maximum absolute atomic E-state index is 14.9. The number of hydrogen-bond acceptors (Lipinski definition) is 7. The molecule has 0 unspecified atom stereocenters. The Kier molecular flexibility index (Phi) is 7.62. The highest BCUT2D eigenvalue weighted by Crippen LogP contribution is 2.32. The summed E-state index contributed by atoms with van der Waals surface area (Å²) in [4.78, 5) is 33.1. The second-order valence-corrected chi connectivity index (χ2v) is 9.19. The summed E-state index contributed by atoms with van der Waals surface area (Å²) in [6.07, 6.45) is 5.99. The van der Waals surface area contributed by atoms with E-state index in [9.17, 15) is 18.4 Å². The van der Waals surface area contributed by atoms with E-state index in [1.54, 1.807) is 43.7 Å². The summed E-state index contributed by atoms with van der Waals surface area (Å²) < 4.78 is 37.3. The minimum absolute atomic E-state index is 0.0641. The first-order valence-corrected chi connectivity index (χ1v) is 12.4. The average molecular weight is 576 g/mol. The van der Waals surface area contributed by atoms with Crippen LogP contribution in [0.3, 0.4) is 0 Å². The maximum atomic E-state index is 14.9. The lowest BCUT2D eigenvalue weighted by Crippen LogP contribution is -2.24. The van der Waals surface area contributed by atoms with E-state index in [2.05, 4.69) is 20.6 Å². The number of imidazole rings is 1. The Bertz CT molecular complexity index is 1900. The van der Waals surface area contributed by atoms with E-state index in [1.165, 1.54) is 45.6 Å². The molecule has 0 aliphatic heterocycles. The van der Waals surface area contributed by atoms with Crippen LogP contribution in [0.2, 0.25) is 5.02 Å². The number of ether oxygens (including phenoxy) is 1. The highest BCUT2D eigenvalue weighted by Gasteiger charge is 2.20. The molecule has 2 aromatic carbocycles. The second-order valence-electron chi connectivity index (χ2n) is 8.79. The molecule has 0 atom stereocenters. The minimum Gasteiger partial charge on any atom is -0.476 e. The molecule has 2 N–H and O–H groups in total. The van der Waals surface area contributed by atoms with Crippen molar-refractivity contribution in [3.63, 3.8) is 0 Å². The van der Waals surface area contributed by atoms with Crippen LogP contribution in [0, 0.1) is 23.0 Å². The third-order valence-electron chi connectivity index (χ3n) is 6.14. The first kappa shape index (κ1) is 27.3. The molecule has 0 radical (unpaired) electrons. The lowest BCUT2D eigenvalue weighted by Gasteiger charge is -2.11. The summed E-state index contributed by atoms with van der Waals surface area (Å²) >= 11 is 6.40. The van der Waals surface area contributed by atoms with Crippen LogP contribution in [0.1, 0.15) is 15.9 Å². The van der Waals surface area contributed by atoms with Gasteiger partial charge in [0.15, 0.2) is 29.6 Å². The van der Waals surface area contributed by atoms with Gasteiger partial charge < -0.3 is 19.9 Å². The fraction of sp³-hybridized carbons (Fsp3) is 0.107. The molecule has 206 valence electrons. The van der Waals surface area contributed by atoms with Crippen molar-refractivity contribution in [2.75, 3.05) is 11.9 Å². The number of halogens is 3. The molecule has 0 aliphatic rings. The SMILES string of the molecule is Cn1ccc(CNC(=O)c2ccc(Nc3nccn4c(-c5ccc(OCC#N)c(F)c5F)cnc34)cc2Cl)cc1=O. The Morgan fingerprint density at radius 3 is 2.71 bits per heavy atom. The van der Waals surface area contributed by atoms with Crippen LogP contribution in [-0.2, 0) is 13.6 Å². The Labute approximate surface area is 236 Å². The third kappa shape index (κ3) is 5.57. The Balaban J connectivity index is 1.35. The topological polar surface area (TPSA) is 126 Å². The summed E-state index contributed by atoms with van der Waals surface area (Å²) in [5.74, 6) is -2.85. The van der Waals surface area contributed by atoms with E-state index in [-0.39, 0.29) is 39.7 Å². The van der Waals surface area contributed by atoms with E-state index in [1.807, 2.05) is 0 Å². The van der Waals surface area contributed by atoms with Gasteiger partial charge in [-0.3, -0.25) is 14.0 Å². The predicted molar refractivity (Wildman–Crippen MR) is 147 cm³/mol. The van der Waals surface area contributed by atoms with Crippen molar-refractivity contribution in [1.82, 2.24) is 24.3 Å². The number of carbonyl (C=O) groups excluding carboxylic acids is 1. The molecule has 0 aliphatic carbocycles. The normalized spacial score (nSPS) is 10.8. The highest BCUT2D eigenvalue weighted by atomic mass is 35.5. The monoisotopic (exact) mass is 575 g/mol. The van der Waals surface area contributed by atoms with Crippen molar-refractivity contribution in [2.24, 2.45) is 7.05 Å². The zero-order valence-corrected chi connectivity index (χ0v) is 22.1. The van der Waals surface area contributed by atoms with E-state index in [0.717, 1.165) is 0 Å². The van der Waals surface area contributed by atoms with Crippen LogP contribution >= 0.6 is 11.6 Å². The summed E-state index contributed by atoms with van der Waals surface area (Å²) in [5, 5.41) is 14.6. The van der Waals surface area contributed by atoms with Crippen molar-refractivity contribution in [2.45, 2.75) is 6.54 Å². The highest BCUT2D eigenvalue weighted by molar-refractivity contribution is 6.34. The molecule has 5 aromatic rings. The first-order valence-electron chi connectivity index (χ1n) is 12.1. The van der Waals surface area contributed by atoms with Gasteiger partial charge in [0.25, 0.3) is 11.5 Å². The molecule has 41 heavy (non-hydrogen) atoms. The molecule has 0 spiro atoms. The number of nitriles is 1. The second kappa shape index (κ2) is 11.4. The fourth-order valence-corrected chi connectivity index (χ4v) is 4.31. The zero-order chi connectivity index (χ0) is 29.1. The molecule has 0 saturated heterocycles. The lowest BCUT2D eigenvalue weighted by molar-refractivity contribution is 0.0951. The summed E-state index contributed by atoms with van der Waals surface area (Å²) in [7, 11) is 1.64. The molecular weight excluding hydrogens is 556 g/mol. The molecule has 0 bridgehead atoms. The Morgan fingerprint density at radius 1 is 1.12 bits per heavy atom. The molecule has 3 aromatic heterocycles. The number of carbonyl (C=O) groups is 1. The van der Waals surface area contributed by atoms with Gasteiger partial charge in [0.2, 0.25) is 5.82 Å². The number of fused-ring (bicyclic) bond motifs is 1. The van der Waals surface area contributed by atoms with Gasteiger partial charge >= 0.3 is 0 Å². The van der Waals surface area contributed by atoms with Crippen molar-refractivity contribution in [3.8, 4) is 23.1 Å². The van der Waals surface area contributed by atoms with Crippen molar-refractivity contribution >= 4 is 34.7 Å². The molecule has 5 rings (SSSR count). The van der Waals surface area contributed by atoms with Gasteiger partial charge in [0.05, 0.1) is 22.5 Å². The van der Waals surface area contributed by atoms with Gasteiger partial charge in [-0.05, 0) is 42.0 Å². The van der Waals surface area contributed by atoms with Gasteiger partial charge in [0, 0.05) is 49.5 Å². The lowest BCUT2D eigenvalue weighted by atomic mass is 10.1. The summed E-state index contributed by atoms with van der Waals surface area (Å²) in [6.45, 7) is -0.267. The summed E-state index contributed by atoms with van der Waals surface area (Å²) in [5.41, 5.74) is 1.71. The first-order chi connectivity index (χ1) is 19.8. The number of nitrogens with one attached hydrogen (secondary N) is 2. The summed E-state index contributed by atoms with van der Waals surface area (Å²) in [6, 6.07) is 12.2. The van der Waals surface area contributed by atoms with Crippen LogP contribution < -0.4 is 20.9 Å². The van der Waals surface area contributed by atoms with Crippen LogP contribution in [0.15, 0.2) is 72.0 Å². The van der Waals surface area contributed by atoms with E-state index in [0.29, 0.717) is 22.7 Å².